The van der Waals surface area contributed by atoms with Crippen LogP contribution in [-0.2, 0) is 78.4 Å². The number of halogens is 1. The number of nitrogens with one attached hydrogen (secondary N) is 11. The summed E-state index contributed by atoms with van der Waals surface area (Å²) in [6, 6.07) is 24.7. The van der Waals surface area contributed by atoms with Crippen LogP contribution in [-0.4, -0.2) is 192 Å². The van der Waals surface area contributed by atoms with Crippen molar-refractivity contribution in [3.8, 4) is 5.75 Å². The summed E-state index contributed by atoms with van der Waals surface area (Å²) in [4.78, 5) is 168. The maximum Gasteiger partial charge on any atom is 0.245 e. The molecule has 0 aromatic heterocycles. The Hall–Kier alpha value is -11.4. The number of guanidine groups is 2. The van der Waals surface area contributed by atoms with Gasteiger partial charge in [-0.15, -0.1) is 0 Å². The van der Waals surface area contributed by atoms with Crippen LogP contribution in [0, 0.1) is 5.92 Å². The molecule has 0 saturated carbocycles. The third-order valence-corrected chi connectivity index (χ3v) is 18.9. The smallest absolute Gasteiger partial charge is 0.245 e. The number of nitrogens with zero attached hydrogens (tertiary/aromatic N) is 3. The lowest BCUT2D eigenvalue weighted by Gasteiger charge is -2.31. The van der Waals surface area contributed by atoms with Gasteiger partial charge in [-0.2, -0.15) is 0 Å². The zero-order valence-electron chi connectivity index (χ0n) is 63.6. The van der Waals surface area contributed by atoms with Crippen LogP contribution < -0.4 is 75.7 Å². The van der Waals surface area contributed by atoms with E-state index in [0.29, 0.717) is 59.2 Å². The van der Waals surface area contributed by atoms with E-state index in [-0.39, 0.29) is 101 Å². The van der Waals surface area contributed by atoms with E-state index in [1.807, 2.05) is 107 Å². The highest BCUT2D eigenvalue weighted by Crippen LogP contribution is 2.24. The number of aromatic hydroxyl groups is 1. The Morgan fingerprint density at radius 3 is 1.41 bits per heavy atom. The number of fused-ring (bicyclic) bond motifs is 2. The SMILES string of the molecule is CCNC(=NCCCC[C@@H](NC(=O)[C@H](Cc1ccc(O)cc1)NC(=O)[C@H](CO)NC(=O)[C@@H](Cc1ccc2ccccc2c1)NC(=O)[C@@H](Cc1ccc(Cl)cc1)NC(=O)[C@@H](Cc1ccc2ccccc2c1)NC(C)=O)C(=O)N[C@@H](CC(C)C)C(=O)N[C@@H](CCCN=C(N)N)C(=O)N1CCC[C@H]1C(=O)N[C@H](C)C(N)=O)NCC. The largest absolute Gasteiger partial charge is 0.508 e. The number of hydrogen-bond donors (Lipinski definition) is 16. The summed E-state index contributed by atoms with van der Waals surface area (Å²) in [6.45, 7) is 10.7. The van der Waals surface area contributed by atoms with Crippen molar-refractivity contribution in [2.24, 2.45) is 33.1 Å². The molecule has 10 atom stereocenters. The highest BCUT2D eigenvalue weighted by atomic mass is 35.5. The van der Waals surface area contributed by atoms with Gasteiger partial charge in [-0.1, -0.05) is 135 Å². The van der Waals surface area contributed by atoms with Gasteiger partial charge in [-0.3, -0.25) is 62.7 Å². The van der Waals surface area contributed by atoms with Gasteiger partial charge in [0.2, 0.25) is 65.0 Å². The lowest BCUT2D eigenvalue weighted by atomic mass is 9.99. The second-order valence-corrected chi connectivity index (χ2v) is 28.5. The molecule has 6 aromatic carbocycles. The third-order valence-electron chi connectivity index (χ3n) is 18.7. The molecule has 111 heavy (non-hydrogen) atoms. The van der Waals surface area contributed by atoms with Gasteiger partial charge < -0.3 is 90.8 Å². The molecule has 0 radical (unpaired) electrons. The van der Waals surface area contributed by atoms with Gasteiger partial charge in [0.25, 0.3) is 0 Å². The van der Waals surface area contributed by atoms with Crippen LogP contribution in [0.1, 0.15) is 115 Å². The second-order valence-electron chi connectivity index (χ2n) is 28.0. The van der Waals surface area contributed by atoms with E-state index in [9.17, 15) is 43.8 Å². The Morgan fingerprint density at radius 2 is 0.919 bits per heavy atom. The van der Waals surface area contributed by atoms with Crippen molar-refractivity contribution in [3.63, 3.8) is 0 Å². The van der Waals surface area contributed by atoms with Crippen LogP contribution in [0.2, 0.25) is 5.02 Å². The fourth-order valence-corrected chi connectivity index (χ4v) is 13.0. The van der Waals surface area contributed by atoms with Crippen LogP contribution in [0.25, 0.3) is 21.5 Å². The number of nitrogens with two attached hydrogens (primary N) is 3. The van der Waals surface area contributed by atoms with Gasteiger partial charge in [0, 0.05) is 70.4 Å². The minimum atomic E-state index is -1.83. The average molecular weight is 1550 g/mol. The summed E-state index contributed by atoms with van der Waals surface area (Å²) in [6.07, 6.45) is 0.892. The summed E-state index contributed by atoms with van der Waals surface area (Å²) in [7, 11) is 0. The Bertz CT molecular complexity index is 4250. The molecule has 596 valence electrons. The fraction of sp³-hybridized carbons (Fsp3) is 0.438. The Balaban J connectivity index is 1.18. The van der Waals surface area contributed by atoms with E-state index in [4.69, 9.17) is 28.8 Å². The maximum atomic E-state index is 15.2. The molecule has 6 aromatic rings. The number of benzene rings is 6. The third kappa shape index (κ3) is 27.9. The first kappa shape index (κ1) is 86.8. The molecule has 19 N–H and O–H groups in total. The molecular formula is C80H106ClN17O13. The second kappa shape index (κ2) is 43.7. The van der Waals surface area contributed by atoms with Crippen molar-refractivity contribution >= 4 is 110 Å². The van der Waals surface area contributed by atoms with E-state index < -0.39 is 132 Å². The number of unbranched alkanes of at least 4 members (excludes halogenated alkanes) is 1. The van der Waals surface area contributed by atoms with E-state index in [0.717, 1.165) is 21.5 Å². The number of primary amides is 1. The monoisotopic (exact) mass is 1550 g/mol. The van der Waals surface area contributed by atoms with Gasteiger partial charge in [0.1, 0.15) is 66.2 Å². The average Bonchev–Trinajstić information content (AvgIpc) is 1.67. The van der Waals surface area contributed by atoms with Crippen molar-refractivity contribution in [1.82, 2.24) is 63.4 Å². The molecule has 11 amide bonds. The topological polar surface area (TPSA) is 467 Å². The van der Waals surface area contributed by atoms with Crippen molar-refractivity contribution in [3.05, 3.63) is 161 Å². The number of aliphatic hydroxyl groups is 1. The number of carbonyl (C=O) groups is 11. The van der Waals surface area contributed by atoms with Crippen LogP contribution in [0.15, 0.2) is 143 Å². The molecule has 1 fully saturated rings. The number of amides is 11. The molecule has 0 spiro atoms. The number of likely N-dealkylation sites (tertiary alicyclic amines) is 1. The minimum Gasteiger partial charge on any atom is -0.508 e. The van der Waals surface area contributed by atoms with Crippen LogP contribution in [0.5, 0.6) is 5.75 Å². The van der Waals surface area contributed by atoms with Crippen molar-refractivity contribution in [2.45, 2.75) is 179 Å². The molecule has 1 aliphatic rings. The molecule has 7 rings (SSSR count). The lowest BCUT2D eigenvalue weighted by molar-refractivity contribution is -0.142. The number of phenolic OH excluding ortho intramolecular Hbond substituents is 1. The molecule has 0 aliphatic carbocycles. The molecule has 0 unspecified atom stereocenters. The first-order chi connectivity index (χ1) is 53.1. The minimum absolute atomic E-state index is 0.0146. The fourth-order valence-electron chi connectivity index (χ4n) is 12.9. The number of carbonyl (C=O) groups excluding carboxylic acids is 11. The zero-order valence-corrected chi connectivity index (χ0v) is 64.4. The molecule has 1 saturated heterocycles. The highest BCUT2D eigenvalue weighted by Gasteiger charge is 2.40. The van der Waals surface area contributed by atoms with Gasteiger partial charge >= 0.3 is 0 Å². The van der Waals surface area contributed by atoms with Gasteiger partial charge in [-0.05, 0) is 146 Å². The summed E-state index contributed by atoms with van der Waals surface area (Å²) < 4.78 is 0. The van der Waals surface area contributed by atoms with Crippen molar-refractivity contribution < 1.29 is 63.0 Å². The number of aliphatic hydroxyl groups excluding tert-OH is 1. The molecule has 0 bridgehead atoms. The van der Waals surface area contributed by atoms with Gasteiger partial charge in [0.15, 0.2) is 11.9 Å². The van der Waals surface area contributed by atoms with E-state index in [2.05, 4.69) is 68.5 Å². The highest BCUT2D eigenvalue weighted by molar-refractivity contribution is 6.30. The summed E-state index contributed by atoms with van der Waals surface area (Å²) in [5, 5.41) is 56.3. The number of rotatable bonds is 41. The molecule has 30 nitrogen and oxygen atoms in total. The van der Waals surface area contributed by atoms with Crippen LogP contribution in [0.4, 0.5) is 0 Å². The number of phenols is 1. The first-order valence-corrected chi connectivity index (χ1v) is 38.0. The molecule has 1 heterocycles. The van der Waals surface area contributed by atoms with Gasteiger partial charge in [-0.25, -0.2) is 0 Å². The standard InChI is InChI=1S/C80H106ClN17O13/c1-7-85-80(86-8-2)88-36-14-13-21-60(70(103)93-62(39-47(3)4)71(104)92-61(22-15-37-87-79(83)84)78(111)98-38-16-23-68(98)77(110)89-48(5)69(82)102)91-73(106)64(43-51-28-34-59(101)35-29-51)96-76(109)67(46-99)97-75(108)66(45-53-25-31-55-18-10-12-20-57(55)41-53)95-74(107)65(42-50-26-32-58(81)33-27-50)94-72(105)63(90-49(6)100)44-52-24-30-54-17-9-11-19-56(54)40-52/h9-12,17-20,24-35,40-41,47-48,60-68,99,101H,7-8,13-16,21-23,36-39,42-46H2,1-6H3,(H2,82,102)(H,89,110)(H,90,100)(H,91,106)(H,92,104)(H,93,103)(H,94,105)(H,95,107)(H,96,109)(H,97,108)(H4,83,84,87)(H2,85,86,88)/t48-,60-,61+,62+,63-,64+,65-,66-,67+,68+/m1/s1. The van der Waals surface area contributed by atoms with E-state index >= 15 is 19.2 Å². The quantitative estimate of drug-likeness (QED) is 0.0149. The summed E-state index contributed by atoms with van der Waals surface area (Å²) >= 11 is 6.29. The van der Waals surface area contributed by atoms with Gasteiger partial charge in [0.05, 0.1) is 6.61 Å². The van der Waals surface area contributed by atoms with Crippen LogP contribution >= 0.6 is 11.6 Å². The lowest BCUT2D eigenvalue weighted by Crippen LogP contribution is -2.61. The Kier molecular flexibility index (Phi) is 34.2. The summed E-state index contributed by atoms with van der Waals surface area (Å²) in [5.41, 5.74) is 18.9. The maximum absolute atomic E-state index is 15.2. The molecular weight excluding hydrogens is 1440 g/mol. The normalized spacial score (nSPS) is 14.9. The van der Waals surface area contributed by atoms with Crippen molar-refractivity contribution in [1.29, 1.82) is 0 Å². The summed E-state index contributed by atoms with van der Waals surface area (Å²) in [5.74, 6) is -8.73. The predicted octanol–water partition coefficient (Wildman–Crippen LogP) is 2.34. The van der Waals surface area contributed by atoms with E-state index in [1.54, 1.807) is 30.3 Å². The zero-order chi connectivity index (χ0) is 80.7. The molecule has 1 aliphatic heterocycles. The number of hydrogen-bond acceptors (Lipinski definition) is 15. The Morgan fingerprint density at radius 1 is 0.495 bits per heavy atom. The van der Waals surface area contributed by atoms with E-state index in [1.165, 1.54) is 43.0 Å². The first-order valence-electron chi connectivity index (χ1n) is 37.6. The predicted molar refractivity (Wildman–Crippen MR) is 425 cm³/mol. The Labute approximate surface area is 651 Å². The van der Waals surface area contributed by atoms with Crippen molar-refractivity contribution in [2.75, 3.05) is 39.3 Å². The van der Waals surface area contributed by atoms with Crippen LogP contribution in [0.3, 0.4) is 0 Å². The molecule has 31 heteroatoms. The number of aliphatic imine (C=N–C) groups is 2.